The summed E-state index contributed by atoms with van der Waals surface area (Å²) in [6.07, 6.45) is 7.84. The summed E-state index contributed by atoms with van der Waals surface area (Å²) in [5, 5.41) is 4.24. The smallest absolute Gasteiger partial charge is 0.336 e. The third-order valence-electron chi connectivity index (χ3n) is 6.55. The van der Waals surface area contributed by atoms with E-state index in [2.05, 4.69) is 17.1 Å². The molecule has 1 aromatic carbocycles. The van der Waals surface area contributed by atoms with Gasteiger partial charge in [0.05, 0.1) is 5.02 Å². The molecule has 0 unspecified atom stereocenters. The number of ether oxygens (including phenoxy) is 1. The van der Waals surface area contributed by atoms with Crippen LogP contribution >= 0.6 is 11.6 Å². The van der Waals surface area contributed by atoms with E-state index in [0.717, 1.165) is 30.2 Å². The molecule has 2 saturated heterocycles. The molecule has 0 bridgehead atoms. The van der Waals surface area contributed by atoms with E-state index >= 15 is 0 Å². The van der Waals surface area contributed by atoms with Crippen molar-refractivity contribution in [1.29, 1.82) is 0 Å². The molecule has 2 aliphatic rings. The quantitative estimate of drug-likeness (QED) is 0.646. The molecule has 0 spiro atoms. The van der Waals surface area contributed by atoms with Gasteiger partial charge in [0.1, 0.15) is 11.3 Å². The van der Waals surface area contributed by atoms with Crippen molar-refractivity contribution in [2.75, 3.05) is 26.2 Å². The molecule has 3 heterocycles. The zero-order chi connectivity index (χ0) is 21.8. The van der Waals surface area contributed by atoms with Crippen molar-refractivity contribution in [3.05, 3.63) is 39.2 Å². The fourth-order valence-corrected chi connectivity index (χ4v) is 5.29. The molecule has 0 radical (unpaired) electrons. The molecule has 1 amide bonds. The van der Waals surface area contributed by atoms with Crippen molar-refractivity contribution in [2.24, 2.45) is 5.92 Å². The lowest BCUT2D eigenvalue weighted by Crippen LogP contribution is -2.51. The molecule has 7 heteroatoms. The number of aryl methyl sites for hydroxylation is 1. The van der Waals surface area contributed by atoms with Gasteiger partial charge in [0, 0.05) is 30.1 Å². The van der Waals surface area contributed by atoms with E-state index in [0.29, 0.717) is 34.9 Å². The van der Waals surface area contributed by atoms with Crippen molar-refractivity contribution in [3.63, 3.8) is 0 Å². The number of piperidine rings is 2. The van der Waals surface area contributed by atoms with Crippen molar-refractivity contribution in [3.8, 4) is 5.75 Å². The number of halogens is 1. The molecule has 2 atom stereocenters. The summed E-state index contributed by atoms with van der Waals surface area (Å²) in [6.45, 7) is 5.00. The Morgan fingerprint density at radius 1 is 1.23 bits per heavy atom. The number of rotatable bonds is 7. The van der Waals surface area contributed by atoms with Crippen LogP contribution in [0, 0.1) is 5.92 Å². The first kappa shape index (κ1) is 22.2. The summed E-state index contributed by atoms with van der Waals surface area (Å²) in [4.78, 5) is 26.9. The molecule has 0 aliphatic carbocycles. The van der Waals surface area contributed by atoms with E-state index in [1.807, 2.05) is 0 Å². The SMILES string of the molecule is CCCc1cc(=O)oc2cc(OCC(=O)NC[C@@H]3CCCN4CCCC[C@@H]34)c(Cl)cc12. The van der Waals surface area contributed by atoms with Gasteiger partial charge in [-0.3, -0.25) is 4.79 Å². The Balaban J connectivity index is 1.36. The lowest BCUT2D eigenvalue weighted by molar-refractivity contribution is -0.123. The third kappa shape index (κ3) is 5.24. The van der Waals surface area contributed by atoms with Gasteiger partial charge in [-0.1, -0.05) is 31.4 Å². The molecule has 6 nitrogen and oxygen atoms in total. The van der Waals surface area contributed by atoms with E-state index in [9.17, 15) is 9.59 Å². The van der Waals surface area contributed by atoms with Crippen LogP contribution in [0.3, 0.4) is 0 Å². The lowest BCUT2D eigenvalue weighted by Gasteiger charge is -2.44. The molecule has 0 saturated carbocycles. The Morgan fingerprint density at radius 3 is 2.90 bits per heavy atom. The molecule has 2 fully saturated rings. The molecule has 2 aliphatic heterocycles. The summed E-state index contributed by atoms with van der Waals surface area (Å²) in [7, 11) is 0. The number of hydrogen-bond donors (Lipinski definition) is 1. The number of carbonyl (C=O) groups excluding carboxylic acids is 1. The molecular formula is C24H31ClN2O4. The average Bonchev–Trinajstić information content (AvgIpc) is 2.77. The van der Waals surface area contributed by atoms with Crippen LogP contribution in [-0.2, 0) is 11.2 Å². The van der Waals surface area contributed by atoms with Crippen LogP contribution in [0.5, 0.6) is 5.75 Å². The van der Waals surface area contributed by atoms with Crippen molar-refractivity contribution in [1.82, 2.24) is 10.2 Å². The standard InChI is InChI=1S/C24H31ClN2O4/c1-2-6-16-11-24(29)31-21-13-22(19(25)12-18(16)21)30-15-23(28)26-14-17-7-5-10-27-9-4-3-8-20(17)27/h11-13,17,20H,2-10,14-15H2,1H3,(H,26,28)/t17-,20-/m0/s1. The van der Waals surface area contributed by atoms with Crippen LogP contribution in [0.2, 0.25) is 5.02 Å². The number of amides is 1. The number of nitrogens with one attached hydrogen (secondary N) is 1. The minimum absolute atomic E-state index is 0.120. The average molecular weight is 447 g/mol. The highest BCUT2D eigenvalue weighted by molar-refractivity contribution is 6.32. The number of carbonyl (C=O) groups is 1. The second-order valence-corrected chi connectivity index (χ2v) is 9.12. The number of hydrogen-bond acceptors (Lipinski definition) is 5. The molecule has 4 rings (SSSR count). The first-order valence-electron chi connectivity index (χ1n) is 11.4. The van der Waals surface area contributed by atoms with Gasteiger partial charge >= 0.3 is 5.63 Å². The van der Waals surface area contributed by atoms with Gasteiger partial charge in [0.25, 0.3) is 5.91 Å². The van der Waals surface area contributed by atoms with Gasteiger partial charge in [-0.2, -0.15) is 0 Å². The Bertz CT molecular complexity index is 987. The van der Waals surface area contributed by atoms with E-state index in [1.165, 1.54) is 44.8 Å². The Hall–Kier alpha value is -2.05. The first-order chi connectivity index (χ1) is 15.0. The third-order valence-corrected chi connectivity index (χ3v) is 6.85. The van der Waals surface area contributed by atoms with Gasteiger partial charge in [0.2, 0.25) is 0 Å². The molecule has 1 N–H and O–H groups in total. The number of nitrogens with zero attached hydrogens (tertiary/aromatic N) is 1. The predicted molar refractivity (Wildman–Crippen MR) is 122 cm³/mol. The maximum Gasteiger partial charge on any atom is 0.336 e. The maximum atomic E-state index is 12.4. The summed E-state index contributed by atoms with van der Waals surface area (Å²) < 4.78 is 11.0. The lowest BCUT2D eigenvalue weighted by atomic mass is 9.83. The van der Waals surface area contributed by atoms with Crippen molar-refractivity contribution >= 4 is 28.5 Å². The number of fused-ring (bicyclic) bond motifs is 2. The summed E-state index contributed by atoms with van der Waals surface area (Å²) in [5.41, 5.74) is 0.936. The van der Waals surface area contributed by atoms with Crippen LogP contribution in [0.25, 0.3) is 11.0 Å². The number of benzene rings is 1. The molecule has 1 aromatic heterocycles. The summed E-state index contributed by atoms with van der Waals surface area (Å²) in [5.74, 6) is 0.691. The second kappa shape index (κ2) is 10.0. The summed E-state index contributed by atoms with van der Waals surface area (Å²) in [6, 6.07) is 5.46. The van der Waals surface area contributed by atoms with Crippen molar-refractivity contribution in [2.45, 2.75) is 57.9 Å². The van der Waals surface area contributed by atoms with E-state index in [1.54, 1.807) is 12.1 Å². The highest BCUT2D eigenvalue weighted by atomic mass is 35.5. The van der Waals surface area contributed by atoms with Gasteiger partial charge in [-0.15, -0.1) is 0 Å². The second-order valence-electron chi connectivity index (χ2n) is 8.71. The highest BCUT2D eigenvalue weighted by Crippen LogP contribution is 2.32. The fraction of sp³-hybridized carbons (Fsp3) is 0.583. The minimum atomic E-state index is -0.397. The van der Waals surface area contributed by atoms with Gasteiger partial charge < -0.3 is 19.4 Å². The van der Waals surface area contributed by atoms with Crippen LogP contribution in [0.1, 0.15) is 51.0 Å². The van der Waals surface area contributed by atoms with Crippen molar-refractivity contribution < 1.29 is 13.9 Å². The normalized spacial score (nSPS) is 21.6. The largest absolute Gasteiger partial charge is 0.482 e. The zero-order valence-electron chi connectivity index (χ0n) is 18.1. The summed E-state index contributed by atoms with van der Waals surface area (Å²) >= 11 is 6.39. The monoisotopic (exact) mass is 446 g/mol. The predicted octanol–water partition coefficient (Wildman–Crippen LogP) is 4.16. The zero-order valence-corrected chi connectivity index (χ0v) is 18.9. The van der Waals surface area contributed by atoms with Gasteiger partial charge in [-0.25, -0.2) is 4.79 Å². The minimum Gasteiger partial charge on any atom is -0.482 e. The first-order valence-corrected chi connectivity index (χ1v) is 11.8. The Morgan fingerprint density at radius 2 is 2.06 bits per heavy atom. The Labute approximate surface area is 187 Å². The Kier molecular flexibility index (Phi) is 7.18. The van der Waals surface area contributed by atoms with Crippen LogP contribution in [0.15, 0.2) is 27.4 Å². The molecule has 168 valence electrons. The van der Waals surface area contributed by atoms with Crippen LogP contribution in [0.4, 0.5) is 0 Å². The van der Waals surface area contributed by atoms with Gasteiger partial charge in [0.15, 0.2) is 6.61 Å². The van der Waals surface area contributed by atoms with E-state index < -0.39 is 5.63 Å². The topological polar surface area (TPSA) is 71.8 Å². The maximum absolute atomic E-state index is 12.4. The molecule has 31 heavy (non-hydrogen) atoms. The fourth-order valence-electron chi connectivity index (χ4n) is 5.07. The highest BCUT2D eigenvalue weighted by Gasteiger charge is 2.32. The van der Waals surface area contributed by atoms with E-state index in [-0.39, 0.29) is 12.5 Å². The van der Waals surface area contributed by atoms with E-state index in [4.69, 9.17) is 20.8 Å². The van der Waals surface area contributed by atoms with Crippen LogP contribution < -0.4 is 15.7 Å². The molecule has 2 aromatic rings. The van der Waals surface area contributed by atoms with Gasteiger partial charge in [-0.05, 0) is 62.7 Å². The van der Waals surface area contributed by atoms with Crippen LogP contribution in [-0.4, -0.2) is 43.1 Å². The molecular weight excluding hydrogens is 416 g/mol.